The fourth-order valence-corrected chi connectivity index (χ4v) is 6.11. The number of amides is 2. The normalized spacial score (nSPS) is 20.6. The van der Waals surface area contributed by atoms with E-state index in [9.17, 15) is 9.59 Å². The number of carbonyl (C=O) groups is 2. The van der Waals surface area contributed by atoms with Crippen LogP contribution in [-0.2, 0) is 11.3 Å². The molecule has 2 aromatic rings. The second-order valence-corrected chi connectivity index (χ2v) is 10.7. The van der Waals surface area contributed by atoms with Crippen molar-refractivity contribution in [3.8, 4) is 11.5 Å². The first-order chi connectivity index (χ1) is 16.4. The third kappa shape index (κ3) is 4.49. The molecule has 4 rings (SSSR count). The first-order valence-electron chi connectivity index (χ1n) is 12.4. The van der Waals surface area contributed by atoms with Crippen molar-refractivity contribution in [2.45, 2.75) is 70.5 Å². The molecule has 1 saturated carbocycles. The molecule has 1 aromatic heterocycles. The monoisotopic (exact) mass is 487 g/mol. The van der Waals surface area contributed by atoms with E-state index >= 15 is 0 Å². The smallest absolute Gasteiger partial charge is 0.271 e. The molecule has 0 bridgehead atoms. The van der Waals surface area contributed by atoms with Gasteiger partial charge < -0.3 is 24.3 Å². The van der Waals surface area contributed by atoms with Gasteiger partial charge in [-0.25, -0.2) is 0 Å². The number of aromatic nitrogens is 1. The first-order valence-corrected chi connectivity index (χ1v) is 13.5. The molecule has 1 aromatic carbocycles. The van der Waals surface area contributed by atoms with Crippen molar-refractivity contribution in [2.75, 3.05) is 32.3 Å². The van der Waals surface area contributed by atoms with E-state index in [1.165, 1.54) is 0 Å². The number of rotatable bonds is 10. The molecule has 1 N–H and O–H groups in total. The lowest BCUT2D eigenvalue weighted by Crippen LogP contribution is -2.65. The minimum atomic E-state index is -0.984. The molecule has 2 amide bonds. The molecule has 1 atom stereocenters. The molecule has 1 fully saturated rings. The third-order valence-corrected chi connectivity index (χ3v) is 8.42. The zero-order valence-corrected chi connectivity index (χ0v) is 21.6. The van der Waals surface area contributed by atoms with Crippen LogP contribution in [0.4, 0.5) is 0 Å². The van der Waals surface area contributed by atoms with Crippen molar-refractivity contribution < 1.29 is 19.1 Å². The number of nitrogens with one attached hydrogen (secondary N) is 1. The van der Waals surface area contributed by atoms with Gasteiger partial charge in [-0.05, 0) is 62.3 Å². The molecule has 34 heavy (non-hydrogen) atoms. The summed E-state index contributed by atoms with van der Waals surface area (Å²) in [6.07, 6.45) is 6.29. The van der Waals surface area contributed by atoms with E-state index in [0.29, 0.717) is 30.3 Å². The van der Waals surface area contributed by atoms with E-state index in [0.717, 1.165) is 60.9 Å². The second kappa shape index (κ2) is 10.5. The molecule has 1 aliphatic carbocycles. The summed E-state index contributed by atoms with van der Waals surface area (Å²) in [5.41, 5.74) is 0.385. The summed E-state index contributed by atoms with van der Waals surface area (Å²) in [6.45, 7) is 5.02. The fourth-order valence-electron chi connectivity index (χ4n) is 5.29. The van der Waals surface area contributed by atoms with Gasteiger partial charge in [0.05, 0.1) is 26.3 Å². The van der Waals surface area contributed by atoms with Crippen LogP contribution in [0.15, 0.2) is 18.2 Å². The molecule has 0 spiro atoms. The van der Waals surface area contributed by atoms with E-state index in [1.54, 1.807) is 19.1 Å². The van der Waals surface area contributed by atoms with Gasteiger partial charge in [0.25, 0.3) is 5.91 Å². The van der Waals surface area contributed by atoms with Crippen LogP contribution in [0.25, 0.3) is 10.9 Å². The van der Waals surface area contributed by atoms with Crippen LogP contribution in [-0.4, -0.2) is 65.1 Å². The largest absolute Gasteiger partial charge is 0.496 e. The number of hydrogen-bond donors (Lipinski definition) is 1. The standard InChI is InChI=1S/C26H37N3O4S/c1-5-14-34-15-8-13-29-24(30)20-16-19-21(32-3)11-12-22(33-4)23(19)28(20)17-26(29,2)25(31)27-18-9-6-7-10-18/h11-12,16,18H,5-10,13-15,17H2,1-4H3,(H,27,31)/t26-/m1/s1. The molecule has 2 heterocycles. The Morgan fingerprint density at radius 1 is 1.18 bits per heavy atom. The van der Waals surface area contributed by atoms with Crippen molar-refractivity contribution in [2.24, 2.45) is 0 Å². The van der Waals surface area contributed by atoms with Gasteiger partial charge in [0, 0.05) is 18.0 Å². The Morgan fingerprint density at radius 3 is 2.56 bits per heavy atom. The van der Waals surface area contributed by atoms with Crippen LogP contribution in [0.2, 0.25) is 0 Å². The highest BCUT2D eigenvalue weighted by atomic mass is 32.2. The number of benzene rings is 1. The number of ether oxygens (including phenoxy) is 2. The number of nitrogens with zero attached hydrogens (tertiary/aromatic N) is 2. The Labute approximate surface area is 206 Å². The average molecular weight is 488 g/mol. The minimum Gasteiger partial charge on any atom is -0.496 e. The van der Waals surface area contributed by atoms with E-state index in [2.05, 4.69) is 12.2 Å². The van der Waals surface area contributed by atoms with E-state index in [-0.39, 0.29) is 17.9 Å². The summed E-state index contributed by atoms with van der Waals surface area (Å²) in [7, 11) is 3.25. The Balaban J connectivity index is 1.73. The topological polar surface area (TPSA) is 72.8 Å². The first kappa shape index (κ1) is 24.8. The maximum absolute atomic E-state index is 13.9. The average Bonchev–Trinajstić information content (AvgIpc) is 3.48. The van der Waals surface area contributed by atoms with Crippen LogP contribution >= 0.6 is 11.8 Å². The van der Waals surface area contributed by atoms with Gasteiger partial charge in [-0.3, -0.25) is 9.59 Å². The van der Waals surface area contributed by atoms with Crippen molar-refractivity contribution in [1.82, 2.24) is 14.8 Å². The molecule has 7 nitrogen and oxygen atoms in total. The molecule has 0 radical (unpaired) electrons. The highest BCUT2D eigenvalue weighted by molar-refractivity contribution is 7.99. The lowest BCUT2D eigenvalue weighted by Gasteiger charge is -2.44. The quantitative estimate of drug-likeness (QED) is 0.501. The van der Waals surface area contributed by atoms with Crippen molar-refractivity contribution in [3.05, 3.63) is 23.9 Å². The predicted molar refractivity (Wildman–Crippen MR) is 137 cm³/mol. The summed E-state index contributed by atoms with van der Waals surface area (Å²) in [5, 5.41) is 4.09. The van der Waals surface area contributed by atoms with Crippen molar-refractivity contribution >= 4 is 34.5 Å². The Hall–Kier alpha value is -2.35. The van der Waals surface area contributed by atoms with Gasteiger partial charge in [-0.1, -0.05) is 19.8 Å². The van der Waals surface area contributed by atoms with Crippen LogP contribution in [0, 0.1) is 0 Å². The Kier molecular flexibility index (Phi) is 7.65. The van der Waals surface area contributed by atoms with Crippen LogP contribution in [0.5, 0.6) is 11.5 Å². The SMILES string of the molecule is CCCSCCCN1C(=O)c2cc3c(OC)ccc(OC)c3n2C[C@]1(C)C(=O)NC1CCCC1. The Morgan fingerprint density at radius 2 is 1.88 bits per heavy atom. The summed E-state index contributed by atoms with van der Waals surface area (Å²) in [5.74, 6) is 3.26. The van der Waals surface area contributed by atoms with Crippen molar-refractivity contribution in [3.63, 3.8) is 0 Å². The number of methoxy groups -OCH3 is 2. The van der Waals surface area contributed by atoms with Crippen LogP contribution in [0.1, 0.15) is 62.9 Å². The minimum absolute atomic E-state index is 0.0664. The maximum atomic E-state index is 13.9. The zero-order chi connectivity index (χ0) is 24.3. The number of hydrogen-bond acceptors (Lipinski definition) is 5. The maximum Gasteiger partial charge on any atom is 0.271 e. The molecule has 8 heteroatoms. The molecule has 0 unspecified atom stereocenters. The van der Waals surface area contributed by atoms with Gasteiger partial charge in [0.2, 0.25) is 5.91 Å². The zero-order valence-electron chi connectivity index (χ0n) is 20.8. The van der Waals surface area contributed by atoms with Crippen LogP contribution < -0.4 is 14.8 Å². The van der Waals surface area contributed by atoms with Gasteiger partial charge in [0.1, 0.15) is 22.7 Å². The van der Waals surface area contributed by atoms with Gasteiger partial charge in [-0.2, -0.15) is 11.8 Å². The van der Waals surface area contributed by atoms with E-state index < -0.39 is 5.54 Å². The molecule has 2 aliphatic rings. The van der Waals surface area contributed by atoms with Gasteiger partial charge in [-0.15, -0.1) is 0 Å². The predicted octanol–water partition coefficient (Wildman–Crippen LogP) is 4.47. The third-order valence-electron chi connectivity index (χ3n) is 7.15. The number of carbonyl (C=O) groups excluding carboxylic acids is 2. The van der Waals surface area contributed by atoms with E-state index in [1.807, 2.05) is 41.5 Å². The van der Waals surface area contributed by atoms with E-state index in [4.69, 9.17) is 9.47 Å². The van der Waals surface area contributed by atoms with Crippen molar-refractivity contribution in [1.29, 1.82) is 0 Å². The molecule has 0 saturated heterocycles. The lowest BCUT2D eigenvalue weighted by molar-refractivity contribution is -0.133. The fraction of sp³-hybridized carbons (Fsp3) is 0.615. The summed E-state index contributed by atoms with van der Waals surface area (Å²) < 4.78 is 13.2. The summed E-state index contributed by atoms with van der Waals surface area (Å²) >= 11 is 1.90. The molecule has 186 valence electrons. The molecular weight excluding hydrogens is 450 g/mol. The highest BCUT2D eigenvalue weighted by Gasteiger charge is 2.48. The molecule has 1 aliphatic heterocycles. The van der Waals surface area contributed by atoms with Gasteiger partial charge in [0.15, 0.2) is 0 Å². The highest BCUT2D eigenvalue weighted by Crippen LogP contribution is 2.40. The lowest BCUT2D eigenvalue weighted by atomic mass is 9.94. The Bertz CT molecular complexity index is 1050. The van der Waals surface area contributed by atoms with Gasteiger partial charge >= 0.3 is 0 Å². The number of fused-ring (bicyclic) bond motifs is 3. The summed E-state index contributed by atoms with van der Waals surface area (Å²) in [4.78, 5) is 29.4. The number of thioether (sulfide) groups is 1. The molecular formula is C26H37N3O4S. The summed E-state index contributed by atoms with van der Waals surface area (Å²) in [6, 6.07) is 5.78. The second-order valence-electron chi connectivity index (χ2n) is 9.50. The van der Waals surface area contributed by atoms with Crippen LogP contribution in [0.3, 0.4) is 0 Å².